The summed E-state index contributed by atoms with van der Waals surface area (Å²) in [5.41, 5.74) is -0.282. The molecule has 0 atom stereocenters. The van der Waals surface area contributed by atoms with Crippen molar-refractivity contribution in [1.82, 2.24) is 15.0 Å². The number of nitrogens with zero attached hydrogens (tertiary/aromatic N) is 2. The monoisotopic (exact) mass is 252 g/mol. The Morgan fingerprint density at radius 1 is 1.59 bits per heavy atom. The average molecular weight is 252 g/mol. The number of rotatable bonds is 3. The molecule has 2 aromatic heterocycles. The highest BCUT2D eigenvalue weighted by Crippen LogP contribution is 2.20. The van der Waals surface area contributed by atoms with Gasteiger partial charge in [0.25, 0.3) is 5.56 Å². The molecule has 0 aliphatic carbocycles. The van der Waals surface area contributed by atoms with Gasteiger partial charge in [-0.2, -0.15) is 0 Å². The second kappa shape index (κ2) is 4.34. The third-order valence-electron chi connectivity index (χ3n) is 1.81. The number of anilines is 2. The summed E-state index contributed by atoms with van der Waals surface area (Å²) >= 11 is 0.974. The van der Waals surface area contributed by atoms with Gasteiger partial charge in [0, 0.05) is 6.07 Å². The Labute approximate surface area is 99.2 Å². The number of aromatic amines is 1. The molecule has 8 heteroatoms. The minimum absolute atomic E-state index is 0.120. The van der Waals surface area contributed by atoms with E-state index >= 15 is 0 Å². The lowest BCUT2D eigenvalue weighted by Crippen LogP contribution is -2.09. The molecule has 3 N–H and O–H groups in total. The Kier molecular flexibility index (Phi) is 2.88. The SMILES string of the molecule is Cc1nc(Nc2ncc(C(=O)O)s2)cc(=O)[nH]1. The minimum Gasteiger partial charge on any atom is -0.477 e. The van der Waals surface area contributed by atoms with Crippen LogP contribution in [0, 0.1) is 6.92 Å². The first-order chi connectivity index (χ1) is 8.04. The molecule has 0 saturated heterocycles. The van der Waals surface area contributed by atoms with Gasteiger partial charge in [-0.05, 0) is 6.92 Å². The number of hydrogen-bond donors (Lipinski definition) is 3. The molecule has 17 heavy (non-hydrogen) atoms. The van der Waals surface area contributed by atoms with Crippen LogP contribution in [0.2, 0.25) is 0 Å². The van der Waals surface area contributed by atoms with Gasteiger partial charge in [-0.1, -0.05) is 11.3 Å². The number of thiazole rings is 1. The lowest BCUT2D eigenvalue weighted by Gasteiger charge is -2.01. The Hall–Kier alpha value is -2.22. The number of carboxylic acids is 1. The summed E-state index contributed by atoms with van der Waals surface area (Å²) in [4.78, 5) is 32.3. The average Bonchev–Trinajstić information content (AvgIpc) is 2.64. The molecular weight excluding hydrogens is 244 g/mol. The number of aryl methyl sites for hydroxylation is 1. The van der Waals surface area contributed by atoms with E-state index in [-0.39, 0.29) is 10.4 Å². The van der Waals surface area contributed by atoms with Gasteiger partial charge in [-0.15, -0.1) is 0 Å². The van der Waals surface area contributed by atoms with E-state index in [1.54, 1.807) is 6.92 Å². The molecule has 0 spiro atoms. The van der Waals surface area contributed by atoms with Gasteiger partial charge in [0.1, 0.15) is 16.5 Å². The molecule has 0 unspecified atom stereocenters. The van der Waals surface area contributed by atoms with Gasteiger partial charge in [-0.3, -0.25) is 4.79 Å². The van der Waals surface area contributed by atoms with Crippen LogP contribution in [0.3, 0.4) is 0 Å². The Balaban J connectivity index is 2.25. The van der Waals surface area contributed by atoms with Crippen LogP contribution in [0.25, 0.3) is 0 Å². The van der Waals surface area contributed by atoms with Gasteiger partial charge in [0.15, 0.2) is 5.13 Å². The van der Waals surface area contributed by atoms with Crippen molar-refractivity contribution in [3.8, 4) is 0 Å². The zero-order chi connectivity index (χ0) is 12.4. The number of carboxylic acid groups (broad SMARTS) is 1. The fourth-order valence-corrected chi connectivity index (χ4v) is 1.85. The van der Waals surface area contributed by atoms with E-state index in [1.165, 1.54) is 12.3 Å². The highest BCUT2D eigenvalue weighted by molar-refractivity contribution is 7.17. The summed E-state index contributed by atoms with van der Waals surface area (Å²) in [5.74, 6) is -0.238. The summed E-state index contributed by atoms with van der Waals surface area (Å²) in [6.45, 7) is 1.65. The molecule has 0 amide bonds. The molecule has 7 nitrogen and oxygen atoms in total. The van der Waals surface area contributed by atoms with Crippen molar-refractivity contribution in [1.29, 1.82) is 0 Å². The Morgan fingerprint density at radius 2 is 2.35 bits per heavy atom. The van der Waals surface area contributed by atoms with Crippen molar-refractivity contribution in [3.05, 3.63) is 33.3 Å². The van der Waals surface area contributed by atoms with E-state index < -0.39 is 5.97 Å². The molecule has 2 rings (SSSR count). The van der Waals surface area contributed by atoms with Crippen LogP contribution in [0.1, 0.15) is 15.5 Å². The maximum atomic E-state index is 11.2. The number of hydrogen-bond acceptors (Lipinski definition) is 6. The van der Waals surface area contributed by atoms with Crippen LogP contribution in [-0.2, 0) is 0 Å². The van der Waals surface area contributed by atoms with E-state index in [0.717, 1.165) is 11.3 Å². The number of H-pyrrole nitrogens is 1. The van der Waals surface area contributed by atoms with Gasteiger partial charge < -0.3 is 15.4 Å². The number of nitrogens with one attached hydrogen (secondary N) is 2. The molecule has 2 aromatic rings. The fourth-order valence-electron chi connectivity index (χ4n) is 1.18. The number of carbonyl (C=O) groups is 1. The zero-order valence-electron chi connectivity index (χ0n) is 8.72. The maximum absolute atomic E-state index is 11.2. The van der Waals surface area contributed by atoms with Crippen molar-refractivity contribution < 1.29 is 9.90 Å². The van der Waals surface area contributed by atoms with Gasteiger partial charge in [0.2, 0.25) is 0 Å². The van der Waals surface area contributed by atoms with E-state index in [4.69, 9.17) is 5.11 Å². The van der Waals surface area contributed by atoms with Crippen molar-refractivity contribution in [3.63, 3.8) is 0 Å². The molecule has 0 saturated carbocycles. The quantitative estimate of drug-likeness (QED) is 0.751. The summed E-state index contributed by atoms with van der Waals surface area (Å²) in [6.07, 6.45) is 1.25. The van der Waals surface area contributed by atoms with Crippen molar-refractivity contribution in [2.75, 3.05) is 5.32 Å². The third-order valence-corrected chi connectivity index (χ3v) is 2.71. The lowest BCUT2D eigenvalue weighted by molar-refractivity contribution is 0.0702. The number of aromatic nitrogens is 3. The van der Waals surface area contributed by atoms with E-state index in [2.05, 4.69) is 20.3 Å². The van der Waals surface area contributed by atoms with Crippen LogP contribution in [0.15, 0.2) is 17.1 Å². The van der Waals surface area contributed by atoms with Crippen LogP contribution in [-0.4, -0.2) is 26.0 Å². The Morgan fingerprint density at radius 3 is 2.94 bits per heavy atom. The predicted molar refractivity (Wildman–Crippen MR) is 62.0 cm³/mol. The highest BCUT2D eigenvalue weighted by Gasteiger charge is 2.09. The summed E-state index contributed by atoms with van der Waals surface area (Å²) in [5, 5.41) is 11.9. The lowest BCUT2D eigenvalue weighted by atomic mass is 10.5. The first kappa shape index (κ1) is 11.3. The van der Waals surface area contributed by atoms with Gasteiger partial charge in [-0.25, -0.2) is 14.8 Å². The second-order valence-corrected chi connectivity index (χ2v) is 4.21. The van der Waals surface area contributed by atoms with Crippen LogP contribution >= 0.6 is 11.3 Å². The van der Waals surface area contributed by atoms with Crippen molar-refractivity contribution in [2.45, 2.75) is 6.92 Å². The molecule has 0 fully saturated rings. The highest BCUT2D eigenvalue weighted by atomic mass is 32.1. The van der Waals surface area contributed by atoms with Gasteiger partial charge in [0.05, 0.1) is 6.20 Å². The Bertz CT molecular complexity index is 619. The normalized spacial score (nSPS) is 10.2. The summed E-state index contributed by atoms with van der Waals surface area (Å²) < 4.78 is 0. The van der Waals surface area contributed by atoms with E-state index in [0.29, 0.717) is 16.8 Å². The molecule has 88 valence electrons. The molecule has 0 radical (unpaired) electrons. The van der Waals surface area contributed by atoms with Crippen LogP contribution in [0.4, 0.5) is 10.9 Å². The molecule has 0 aliphatic rings. The maximum Gasteiger partial charge on any atom is 0.347 e. The van der Waals surface area contributed by atoms with Crippen LogP contribution < -0.4 is 10.9 Å². The van der Waals surface area contributed by atoms with E-state index in [1.807, 2.05) is 0 Å². The summed E-state index contributed by atoms with van der Waals surface area (Å²) in [7, 11) is 0. The molecule has 0 aromatic carbocycles. The first-order valence-corrected chi connectivity index (χ1v) is 5.40. The third kappa shape index (κ3) is 2.67. The molecule has 0 aliphatic heterocycles. The van der Waals surface area contributed by atoms with Gasteiger partial charge >= 0.3 is 5.97 Å². The largest absolute Gasteiger partial charge is 0.477 e. The summed E-state index contributed by atoms with van der Waals surface area (Å²) in [6, 6.07) is 1.27. The fraction of sp³-hybridized carbons (Fsp3) is 0.111. The second-order valence-electron chi connectivity index (χ2n) is 3.18. The standard InChI is InChI=1S/C9H8N4O3S/c1-4-11-6(2-7(14)12-4)13-9-10-3-5(17-9)8(15)16/h2-3H,1H3,(H,15,16)(H2,10,11,12,13,14). The molecule has 2 heterocycles. The number of aromatic carboxylic acids is 1. The topological polar surface area (TPSA) is 108 Å². The minimum atomic E-state index is -1.04. The zero-order valence-corrected chi connectivity index (χ0v) is 9.54. The predicted octanol–water partition coefficient (Wildman–Crippen LogP) is 0.977. The van der Waals surface area contributed by atoms with Crippen molar-refractivity contribution in [2.24, 2.45) is 0 Å². The smallest absolute Gasteiger partial charge is 0.347 e. The first-order valence-electron chi connectivity index (χ1n) is 4.59. The molecular formula is C9H8N4O3S. The van der Waals surface area contributed by atoms with Crippen molar-refractivity contribution >= 4 is 28.3 Å². The van der Waals surface area contributed by atoms with E-state index in [9.17, 15) is 9.59 Å². The molecule has 0 bridgehead atoms. The van der Waals surface area contributed by atoms with Crippen LogP contribution in [0.5, 0.6) is 0 Å².